The first kappa shape index (κ1) is 15.4. The summed E-state index contributed by atoms with van der Waals surface area (Å²) in [6, 6.07) is 6.64. The monoisotopic (exact) mass is 305 g/mol. The normalized spacial score (nSPS) is 12.0. The minimum atomic E-state index is -0.219. The van der Waals surface area contributed by atoms with Crippen molar-refractivity contribution in [1.29, 1.82) is 0 Å². The zero-order valence-electron chi connectivity index (χ0n) is 12.6. The number of aromatic hydroxyl groups is 1. The van der Waals surface area contributed by atoms with Crippen molar-refractivity contribution in [2.45, 2.75) is 26.8 Å². The first-order chi connectivity index (χ1) is 9.92. The number of carbonyl (C=O) groups is 1. The Bertz CT molecular complexity index is 664. The molecule has 0 radical (unpaired) electrons. The summed E-state index contributed by atoms with van der Waals surface area (Å²) in [6.07, 6.45) is 0. The molecule has 1 aromatic carbocycles. The minimum Gasteiger partial charge on any atom is -0.504 e. The fourth-order valence-corrected chi connectivity index (χ4v) is 3.29. The van der Waals surface area contributed by atoms with Gasteiger partial charge in [-0.15, -0.1) is 11.3 Å². The highest BCUT2D eigenvalue weighted by atomic mass is 32.1. The van der Waals surface area contributed by atoms with Gasteiger partial charge in [-0.1, -0.05) is 0 Å². The largest absolute Gasteiger partial charge is 0.504 e. The standard InChI is InChI=1S/C16H19NO3S/c1-9-7-13(11(3)21-9)10(2)17-16(19)12-5-6-15(20-4)14(18)8-12/h5-8,10,18H,1-4H3,(H,17,19). The number of thiophene rings is 1. The van der Waals surface area contributed by atoms with Gasteiger partial charge in [0.2, 0.25) is 0 Å². The molecule has 4 nitrogen and oxygen atoms in total. The molecule has 2 rings (SSSR count). The van der Waals surface area contributed by atoms with E-state index in [0.29, 0.717) is 11.3 Å². The molecule has 0 spiro atoms. The molecule has 0 saturated heterocycles. The van der Waals surface area contributed by atoms with E-state index in [1.165, 1.54) is 22.9 Å². The Labute approximate surface area is 128 Å². The third kappa shape index (κ3) is 3.36. The molecule has 0 aliphatic carbocycles. The minimum absolute atomic E-state index is 0.0413. The lowest BCUT2D eigenvalue weighted by atomic mass is 10.1. The van der Waals surface area contributed by atoms with Gasteiger partial charge in [0.15, 0.2) is 11.5 Å². The van der Waals surface area contributed by atoms with E-state index >= 15 is 0 Å². The molecule has 1 unspecified atom stereocenters. The first-order valence-corrected chi connectivity index (χ1v) is 7.48. The van der Waals surface area contributed by atoms with Crippen molar-refractivity contribution in [3.05, 3.63) is 45.1 Å². The highest BCUT2D eigenvalue weighted by Crippen LogP contribution is 2.28. The van der Waals surface area contributed by atoms with E-state index in [2.05, 4.69) is 25.2 Å². The predicted octanol–water partition coefficient (Wildman–Crippen LogP) is 3.57. The molecule has 1 atom stereocenters. The van der Waals surface area contributed by atoms with Crippen LogP contribution in [0.4, 0.5) is 0 Å². The van der Waals surface area contributed by atoms with Gasteiger partial charge in [-0.05, 0) is 50.6 Å². The van der Waals surface area contributed by atoms with Crippen molar-refractivity contribution in [3.63, 3.8) is 0 Å². The number of ether oxygens (including phenoxy) is 1. The number of amides is 1. The topological polar surface area (TPSA) is 58.6 Å². The lowest BCUT2D eigenvalue weighted by molar-refractivity contribution is 0.0939. The van der Waals surface area contributed by atoms with Crippen molar-refractivity contribution >= 4 is 17.2 Å². The summed E-state index contributed by atoms with van der Waals surface area (Å²) in [6.45, 7) is 6.06. The van der Waals surface area contributed by atoms with Crippen LogP contribution in [0.5, 0.6) is 11.5 Å². The van der Waals surface area contributed by atoms with E-state index < -0.39 is 0 Å². The van der Waals surface area contributed by atoms with Crippen LogP contribution in [0.1, 0.15) is 38.6 Å². The Balaban J connectivity index is 2.14. The summed E-state index contributed by atoms with van der Waals surface area (Å²) in [5, 5.41) is 12.7. The van der Waals surface area contributed by atoms with Crippen LogP contribution in [-0.4, -0.2) is 18.1 Å². The van der Waals surface area contributed by atoms with Gasteiger partial charge in [0.05, 0.1) is 13.2 Å². The molecular formula is C16H19NO3S. The molecular weight excluding hydrogens is 286 g/mol. The summed E-state index contributed by atoms with van der Waals surface area (Å²) in [5.41, 5.74) is 1.54. The van der Waals surface area contributed by atoms with Gasteiger partial charge in [0.1, 0.15) is 0 Å². The fraction of sp³-hybridized carbons (Fsp3) is 0.312. The van der Waals surface area contributed by atoms with Crippen LogP contribution >= 0.6 is 11.3 Å². The molecule has 5 heteroatoms. The molecule has 0 bridgehead atoms. The number of rotatable bonds is 4. The Morgan fingerprint density at radius 1 is 1.33 bits per heavy atom. The van der Waals surface area contributed by atoms with Crippen molar-refractivity contribution < 1.29 is 14.6 Å². The zero-order valence-corrected chi connectivity index (χ0v) is 13.4. The van der Waals surface area contributed by atoms with Gasteiger partial charge < -0.3 is 15.2 Å². The van der Waals surface area contributed by atoms with E-state index in [1.807, 2.05) is 6.92 Å². The van der Waals surface area contributed by atoms with Gasteiger partial charge in [0.25, 0.3) is 5.91 Å². The summed E-state index contributed by atoms with van der Waals surface area (Å²) in [4.78, 5) is 14.7. The molecule has 0 saturated carbocycles. The third-order valence-electron chi connectivity index (χ3n) is 3.33. The average molecular weight is 305 g/mol. The summed E-state index contributed by atoms with van der Waals surface area (Å²) < 4.78 is 4.97. The average Bonchev–Trinajstić information content (AvgIpc) is 2.77. The molecule has 21 heavy (non-hydrogen) atoms. The molecule has 2 N–H and O–H groups in total. The smallest absolute Gasteiger partial charge is 0.251 e. The number of hydrogen-bond donors (Lipinski definition) is 2. The Morgan fingerprint density at radius 3 is 2.57 bits per heavy atom. The predicted molar refractivity (Wildman–Crippen MR) is 84.3 cm³/mol. The van der Waals surface area contributed by atoms with Crippen molar-refractivity contribution in [3.8, 4) is 11.5 Å². The number of methoxy groups -OCH3 is 1. The van der Waals surface area contributed by atoms with Gasteiger partial charge in [-0.2, -0.15) is 0 Å². The van der Waals surface area contributed by atoms with Gasteiger partial charge in [0, 0.05) is 15.3 Å². The molecule has 2 aromatic rings. The summed E-state index contributed by atoms with van der Waals surface area (Å²) >= 11 is 1.72. The molecule has 1 amide bonds. The van der Waals surface area contributed by atoms with Gasteiger partial charge in [-0.3, -0.25) is 4.79 Å². The quantitative estimate of drug-likeness (QED) is 0.908. The zero-order chi connectivity index (χ0) is 15.6. The van der Waals surface area contributed by atoms with Crippen molar-refractivity contribution in [2.75, 3.05) is 7.11 Å². The maximum Gasteiger partial charge on any atom is 0.251 e. The van der Waals surface area contributed by atoms with Crippen LogP contribution in [0.25, 0.3) is 0 Å². The van der Waals surface area contributed by atoms with Crippen molar-refractivity contribution in [2.24, 2.45) is 0 Å². The third-order valence-corrected chi connectivity index (χ3v) is 4.32. The second-order valence-electron chi connectivity index (χ2n) is 4.95. The lowest BCUT2D eigenvalue weighted by Crippen LogP contribution is -2.26. The van der Waals surface area contributed by atoms with E-state index in [-0.39, 0.29) is 17.7 Å². The van der Waals surface area contributed by atoms with E-state index in [4.69, 9.17) is 4.74 Å². The van der Waals surface area contributed by atoms with E-state index in [1.54, 1.807) is 23.5 Å². The lowest BCUT2D eigenvalue weighted by Gasteiger charge is -2.14. The van der Waals surface area contributed by atoms with Gasteiger partial charge >= 0.3 is 0 Å². The molecule has 0 fully saturated rings. The number of nitrogens with one attached hydrogen (secondary N) is 1. The van der Waals surface area contributed by atoms with Crippen LogP contribution in [0.15, 0.2) is 24.3 Å². The molecule has 0 aliphatic rings. The number of hydrogen-bond acceptors (Lipinski definition) is 4. The van der Waals surface area contributed by atoms with Crippen LogP contribution in [0, 0.1) is 13.8 Å². The Morgan fingerprint density at radius 2 is 2.05 bits per heavy atom. The van der Waals surface area contributed by atoms with Gasteiger partial charge in [-0.25, -0.2) is 0 Å². The Hall–Kier alpha value is -2.01. The number of benzene rings is 1. The highest BCUT2D eigenvalue weighted by molar-refractivity contribution is 7.12. The Kier molecular flexibility index (Phi) is 4.53. The molecule has 1 aromatic heterocycles. The molecule has 112 valence electrons. The highest BCUT2D eigenvalue weighted by Gasteiger charge is 2.16. The van der Waals surface area contributed by atoms with Crippen molar-refractivity contribution in [1.82, 2.24) is 5.32 Å². The maximum absolute atomic E-state index is 12.2. The second-order valence-corrected chi connectivity index (χ2v) is 6.41. The molecule has 0 aliphatic heterocycles. The number of phenolic OH excluding ortho intramolecular Hbond substituents is 1. The SMILES string of the molecule is COc1ccc(C(=O)NC(C)c2cc(C)sc2C)cc1O. The first-order valence-electron chi connectivity index (χ1n) is 6.67. The number of carbonyl (C=O) groups excluding carboxylic acids is 1. The van der Waals surface area contributed by atoms with Crippen LogP contribution < -0.4 is 10.1 Å². The summed E-state index contributed by atoms with van der Waals surface area (Å²) in [7, 11) is 1.47. The van der Waals surface area contributed by atoms with Crippen LogP contribution in [0.3, 0.4) is 0 Å². The maximum atomic E-state index is 12.2. The van der Waals surface area contributed by atoms with Crippen LogP contribution in [-0.2, 0) is 0 Å². The number of aryl methyl sites for hydroxylation is 2. The fourth-order valence-electron chi connectivity index (χ4n) is 2.27. The second kappa shape index (κ2) is 6.18. The number of phenols is 1. The summed E-state index contributed by atoms with van der Waals surface area (Å²) in [5.74, 6) is 0.0907. The van der Waals surface area contributed by atoms with E-state index in [0.717, 1.165) is 5.56 Å². The van der Waals surface area contributed by atoms with E-state index in [9.17, 15) is 9.90 Å². The molecule has 1 heterocycles. The van der Waals surface area contributed by atoms with Crippen LogP contribution in [0.2, 0.25) is 0 Å².